The summed E-state index contributed by atoms with van der Waals surface area (Å²) in [5, 5.41) is 8.88. The molecule has 0 aliphatic heterocycles. The molecule has 2 N–H and O–H groups in total. The normalized spacial score (nSPS) is 14.1. The van der Waals surface area contributed by atoms with E-state index in [4.69, 9.17) is 5.21 Å². The first-order chi connectivity index (χ1) is 8.16. The van der Waals surface area contributed by atoms with E-state index < -0.39 is 5.41 Å². The fraction of sp³-hybridized carbons (Fsp3) is 0.786. The Kier molecular flexibility index (Phi) is 8.78. The highest BCUT2D eigenvalue weighted by molar-refractivity contribution is 5.81. The summed E-state index contributed by atoms with van der Waals surface area (Å²) in [4.78, 5) is 11.8. The maximum absolute atomic E-state index is 11.8. The summed E-state index contributed by atoms with van der Waals surface area (Å²) in [5.74, 6) is -0.238. The minimum Gasteiger partial charge on any atom is -0.289 e. The quantitative estimate of drug-likeness (QED) is 0.264. The van der Waals surface area contributed by atoms with Crippen LogP contribution >= 0.6 is 0 Å². The van der Waals surface area contributed by atoms with Crippen LogP contribution in [0.5, 0.6) is 0 Å². The van der Waals surface area contributed by atoms with Gasteiger partial charge in [0.1, 0.15) is 0 Å². The van der Waals surface area contributed by atoms with E-state index in [2.05, 4.69) is 13.5 Å². The van der Waals surface area contributed by atoms with Crippen molar-refractivity contribution >= 4 is 5.91 Å². The number of carbonyl (C=O) groups is 1. The van der Waals surface area contributed by atoms with E-state index in [1.54, 1.807) is 0 Å². The molecule has 100 valence electrons. The summed E-state index contributed by atoms with van der Waals surface area (Å²) < 4.78 is 0. The number of hydroxylamine groups is 1. The summed E-state index contributed by atoms with van der Waals surface area (Å²) in [6, 6.07) is 0. The maximum Gasteiger partial charge on any atom is 0.249 e. The molecule has 0 aliphatic rings. The smallest absolute Gasteiger partial charge is 0.249 e. The number of allylic oxidation sites excluding steroid dienone is 1. The SMILES string of the molecule is C=CCCC(CC)(CCCCCC)C(=O)NO. The zero-order valence-corrected chi connectivity index (χ0v) is 11.3. The Morgan fingerprint density at radius 3 is 2.47 bits per heavy atom. The second kappa shape index (κ2) is 9.23. The average Bonchev–Trinajstić information content (AvgIpc) is 2.37. The molecule has 0 heterocycles. The standard InChI is InChI=1S/C14H27NO2/c1-4-7-9-10-12-14(6-3,11-8-5-2)13(16)15-17/h5,17H,2,4,6-12H2,1,3H3,(H,15,16). The van der Waals surface area contributed by atoms with Gasteiger partial charge in [0.05, 0.1) is 5.41 Å². The van der Waals surface area contributed by atoms with E-state index in [1.807, 2.05) is 18.5 Å². The second-order valence-electron chi connectivity index (χ2n) is 4.71. The molecule has 1 unspecified atom stereocenters. The van der Waals surface area contributed by atoms with E-state index in [-0.39, 0.29) is 5.91 Å². The zero-order chi connectivity index (χ0) is 13.1. The first-order valence-electron chi connectivity index (χ1n) is 6.72. The molecule has 0 bridgehead atoms. The van der Waals surface area contributed by atoms with Crippen molar-refractivity contribution in [1.29, 1.82) is 0 Å². The number of nitrogens with one attached hydrogen (secondary N) is 1. The number of carbonyl (C=O) groups excluding carboxylic acids is 1. The Hall–Kier alpha value is -0.830. The van der Waals surface area contributed by atoms with Crippen LogP contribution in [0.1, 0.15) is 65.2 Å². The van der Waals surface area contributed by atoms with Gasteiger partial charge in [-0.3, -0.25) is 10.0 Å². The highest BCUT2D eigenvalue weighted by Gasteiger charge is 2.34. The van der Waals surface area contributed by atoms with Gasteiger partial charge in [-0.2, -0.15) is 0 Å². The highest BCUT2D eigenvalue weighted by Crippen LogP contribution is 2.34. The molecule has 0 aromatic carbocycles. The van der Waals surface area contributed by atoms with Gasteiger partial charge in [-0.1, -0.05) is 45.6 Å². The monoisotopic (exact) mass is 241 g/mol. The Balaban J connectivity index is 4.44. The van der Waals surface area contributed by atoms with Gasteiger partial charge in [0.25, 0.3) is 0 Å². The van der Waals surface area contributed by atoms with Gasteiger partial charge in [-0.25, -0.2) is 5.48 Å². The molecule has 3 nitrogen and oxygen atoms in total. The summed E-state index contributed by atoms with van der Waals surface area (Å²) in [6.45, 7) is 7.88. The molecule has 17 heavy (non-hydrogen) atoms. The van der Waals surface area contributed by atoms with E-state index in [0.29, 0.717) is 0 Å². The summed E-state index contributed by atoms with van der Waals surface area (Å²) in [6.07, 6.45) is 9.64. The lowest BCUT2D eigenvalue weighted by Gasteiger charge is -2.30. The lowest BCUT2D eigenvalue weighted by atomic mass is 9.75. The molecule has 0 saturated carbocycles. The molecule has 0 aromatic rings. The minimum absolute atomic E-state index is 0.238. The van der Waals surface area contributed by atoms with Crippen molar-refractivity contribution in [3.05, 3.63) is 12.7 Å². The molecule has 0 spiro atoms. The third-order valence-electron chi connectivity index (χ3n) is 3.60. The predicted molar refractivity (Wildman–Crippen MR) is 70.8 cm³/mol. The number of hydrogen-bond donors (Lipinski definition) is 2. The molecule has 1 atom stereocenters. The lowest BCUT2D eigenvalue weighted by molar-refractivity contribution is -0.141. The van der Waals surface area contributed by atoms with Gasteiger partial charge < -0.3 is 0 Å². The number of rotatable bonds is 10. The van der Waals surface area contributed by atoms with Gasteiger partial charge in [-0.05, 0) is 25.7 Å². The predicted octanol–water partition coefficient (Wildman–Crippen LogP) is 3.82. The molecule has 0 radical (unpaired) electrons. The van der Waals surface area contributed by atoms with Crippen molar-refractivity contribution in [1.82, 2.24) is 5.48 Å². The van der Waals surface area contributed by atoms with E-state index in [1.165, 1.54) is 12.8 Å². The number of amides is 1. The van der Waals surface area contributed by atoms with Crippen molar-refractivity contribution in [2.24, 2.45) is 5.41 Å². The minimum atomic E-state index is -0.420. The van der Waals surface area contributed by atoms with Crippen LogP contribution in [0.15, 0.2) is 12.7 Å². The maximum atomic E-state index is 11.8. The van der Waals surface area contributed by atoms with Crippen LogP contribution in [0.25, 0.3) is 0 Å². The number of unbranched alkanes of at least 4 members (excludes halogenated alkanes) is 3. The van der Waals surface area contributed by atoms with Crippen LogP contribution in [-0.4, -0.2) is 11.1 Å². The van der Waals surface area contributed by atoms with Crippen LogP contribution in [0.4, 0.5) is 0 Å². The molecule has 3 heteroatoms. The third kappa shape index (κ3) is 5.35. The van der Waals surface area contributed by atoms with Crippen molar-refractivity contribution in [3.8, 4) is 0 Å². The van der Waals surface area contributed by atoms with Gasteiger partial charge in [0.2, 0.25) is 5.91 Å². The molecular weight excluding hydrogens is 214 g/mol. The topological polar surface area (TPSA) is 49.3 Å². The zero-order valence-electron chi connectivity index (χ0n) is 11.3. The Bertz CT molecular complexity index is 228. The van der Waals surface area contributed by atoms with Crippen molar-refractivity contribution in [2.45, 2.75) is 65.2 Å². The summed E-state index contributed by atoms with van der Waals surface area (Å²) in [5.41, 5.74) is 1.41. The van der Waals surface area contributed by atoms with Crippen LogP contribution in [0.3, 0.4) is 0 Å². The van der Waals surface area contributed by atoms with Crippen LogP contribution < -0.4 is 5.48 Å². The van der Waals surface area contributed by atoms with Gasteiger partial charge in [0, 0.05) is 0 Å². The molecule has 0 aromatic heterocycles. The number of hydrogen-bond acceptors (Lipinski definition) is 2. The van der Waals surface area contributed by atoms with Crippen LogP contribution in [0.2, 0.25) is 0 Å². The summed E-state index contributed by atoms with van der Waals surface area (Å²) in [7, 11) is 0. The first kappa shape index (κ1) is 16.2. The highest BCUT2D eigenvalue weighted by atomic mass is 16.5. The van der Waals surface area contributed by atoms with Crippen LogP contribution in [0, 0.1) is 5.41 Å². The van der Waals surface area contributed by atoms with E-state index in [9.17, 15) is 4.79 Å². The molecular formula is C14H27NO2. The van der Waals surface area contributed by atoms with Gasteiger partial charge >= 0.3 is 0 Å². The molecule has 1 amide bonds. The van der Waals surface area contributed by atoms with Gasteiger partial charge in [0.15, 0.2) is 0 Å². The van der Waals surface area contributed by atoms with E-state index in [0.717, 1.165) is 38.5 Å². The average molecular weight is 241 g/mol. The van der Waals surface area contributed by atoms with Crippen molar-refractivity contribution in [3.63, 3.8) is 0 Å². The molecule has 0 fully saturated rings. The summed E-state index contributed by atoms with van der Waals surface area (Å²) >= 11 is 0. The molecule has 0 rings (SSSR count). The Morgan fingerprint density at radius 2 is 2.00 bits per heavy atom. The van der Waals surface area contributed by atoms with E-state index >= 15 is 0 Å². The van der Waals surface area contributed by atoms with Gasteiger partial charge in [-0.15, -0.1) is 6.58 Å². The Labute approximate surface area is 105 Å². The van der Waals surface area contributed by atoms with Crippen LogP contribution in [-0.2, 0) is 4.79 Å². The third-order valence-corrected chi connectivity index (χ3v) is 3.60. The second-order valence-corrected chi connectivity index (χ2v) is 4.71. The lowest BCUT2D eigenvalue weighted by Crippen LogP contribution is -2.39. The van der Waals surface area contributed by atoms with Crippen molar-refractivity contribution in [2.75, 3.05) is 0 Å². The fourth-order valence-corrected chi connectivity index (χ4v) is 2.25. The van der Waals surface area contributed by atoms with Crippen molar-refractivity contribution < 1.29 is 10.0 Å². The Morgan fingerprint density at radius 1 is 1.29 bits per heavy atom. The molecule has 0 saturated heterocycles. The fourth-order valence-electron chi connectivity index (χ4n) is 2.25. The largest absolute Gasteiger partial charge is 0.289 e. The molecule has 0 aliphatic carbocycles. The first-order valence-corrected chi connectivity index (χ1v) is 6.72.